The zero-order valence-corrected chi connectivity index (χ0v) is 13.1. The molecule has 120 valence electrons. The van der Waals surface area contributed by atoms with Gasteiger partial charge < -0.3 is 24.8 Å². The van der Waals surface area contributed by atoms with E-state index in [1.165, 1.54) is 0 Å². The molecule has 0 bridgehead atoms. The van der Waals surface area contributed by atoms with Gasteiger partial charge >= 0.3 is 6.03 Å². The van der Waals surface area contributed by atoms with Crippen molar-refractivity contribution in [1.29, 1.82) is 0 Å². The summed E-state index contributed by atoms with van der Waals surface area (Å²) in [6, 6.07) is 5.15. The van der Waals surface area contributed by atoms with E-state index in [2.05, 4.69) is 10.6 Å². The molecule has 2 aliphatic heterocycles. The molecule has 2 aliphatic rings. The van der Waals surface area contributed by atoms with Crippen molar-refractivity contribution in [2.45, 2.75) is 18.1 Å². The SMILES string of the molecule is O=C(NCCSC1CCOCC1)Nc1ccc2c(c1)OCO2. The number of carbonyl (C=O) groups excluding carboxylic acids is 1. The molecule has 3 rings (SSSR count). The quantitative estimate of drug-likeness (QED) is 0.814. The molecule has 0 saturated carbocycles. The number of amides is 2. The van der Waals surface area contributed by atoms with E-state index in [1.807, 2.05) is 11.8 Å². The topological polar surface area (TPSA) is 68.8 Å². The van der Waals surface area contributed by atoms with E-state index in [9.17, 15) is 4.79 Å². The van der Waals surface area contributed by atoms with Crippen LogP contribution in [0.15, 0.2) is 18.2 Å². The first-order valence-electron chi connectivity index (χ1n) is 7.45. The van der Waals surface area contributed by atoms with Crippen molar-refractivity contribution in [3.63, 3.8) is 0 Å². The van der Waals surface area contributed by atoms with Gasteiger partial charge in [0.1, 0.15) is 0 Å². The average Bonchev–Trinajstić information content (AvgIpc) is 3.00. The third-order valence-electron chi connectivity index (χ3n) is 3.54. The summed E-state index contributed by atoms with van der Waals surface area (Å²) in [6.07, 6.45) is 2.21. The highest BCUT2D eigenvalue weighted by Gasteiger charge is 2.15. The number of carbonyl (C=O) groups is 1. The second-order valence-corrected chi connectivity index (χ2v) is 6.54. The van der Waals surface area contributed by atoms with Crippen LogP contribution in [0, 0.1) is 0 Å². The van der Waals surface area contributed by atoms with E-state index >= 15 is 0 Å². The van der Waals surface area contributed by atoms with Gasteiger partial charge in [0.25, 0.3) is 0 Å². The highest BCUT2D eigenvalue weighted by Crippen LogP contribution is 2.34. The third-order valence-corrected chi connectivity index (χ3v) is 4.92. The minimum absolute atomic E-state index is 0.202. The standard InChI is InChI=1S/C15H20N2O4S/c18-15(16-5-8-22-12-3-6-19-7-4-12)17-11-1-2-13-14(9-11)21-10-20-13/h1-2,9,12H,3-8,10H2,(H2,16,17,18). The summed E-state index contributed by atoms with van der Waals surface area (Å²) in [4.78, 5) is 11.8. The molecule has 1 saturated heterocycles. The van der Waals surface area contributed by atoms with Crippen LogP contribution >= 0.6 is 11.8 Å². The van der Waals surface area contributed by atoms with E-state index in [0.717, 1.165) is 31.8 Å². The van der Waals surface area contributed by atoms with E-state index in [1.54, 1.807) is 18.2 Å². The predicted octanol–water partition coefficient (Wildman–Crippen LogP) is 2.45. The molecule has 1 aromatic rings. The molecule has 0 spiro atoms. The zero-order chi connectivity index (χ0) is 15.2. The minimum Gasteiger partial charge on any atom is -0.454 e. The largest absolute Gasteiger partial charge is 0.454 e. The lowest BCUT2D eigenvalue weighted by Gasteiger charge is -2.21. The monoisotopic (exact) mass is 324 g/mol. The van der Waals surface area contributed by atoms with Gasteiger partial charge in [0.15, 0.2) is 11.5 Å². The maximum atomic E-state index is 11.8. The van der Waals surface area contributed by atoms with Crippen LogP contribution in [0.2, 0.25) is 0 Å². The Morgan fingerprint density at radius 1 is 1.23 bits per heavy atom. The van der Waals surface area contributed by atoms with Crippen molar-refractivity contribution in [1.82, 2.24) is 5.32 Å². The maximum absolute atomic E-state index is 11.8. The van der Waals surface area contributed by atoms with Gasteiger partial charge in [0.2, 0.25) is 6.79 Å². The number of anilines is 1. The van der Waals surface area contributed by atoms with Crippen LogP contribution in [0.25, 0.3) is 0 Å². The number of ether oxygens (including phenoxy) is 3. The minimum atomic E-state index is -0.202. The summed E-state index contributed by atoms with van der Waals surface area (Å²) in [7, 11) is 0. The summed E-state index contributed by atoms with van der Waals surface area (Å²) in [5.41, 5.74) is 0.693. The molecule has 0 aromatic heterocycles. The van der Waals surface area contributed by atoms with Crippen LogP contribution in [-0.2, 0) is 4.74 Å². The van der Waals surface area contributed by atoms with Crippen LogP contribution in [0.5, 0.6) is 11.5 Å². The molecule has 7 heteroatoms. The van der Waals surface area contributed by atoms with Gasteiger partial charge in [0.05, 0.1) is 0 Å². The summed E-state index contributed by atoms with van der Waals surface area (Å²) in [5, 5.41) is 6.32. The molecule has 1 aromatic carbocycles. The molecule has 0 aliphatic carbocycles. The first-order valence-corrected chi connectivity index (χ1v) is 8.50. The maximum Gasteiger partial charge on any atom is 0.319 e. The molecule has 2 amide bonds. The van der Waals surface area contributed by atoms with Crippen molar-refractivity contribution in [3.05, 3.63) is 18.2 Å². The van der Waals surface area contributed by atoms with Gasteiger partial charge in [-0.2, -0.15) is 11.8 Å². The first kappa shape index (κ1) is 15.3. The molecule has 0 unspecified atom stereocenters. The second kappa shape index (κ2) is 7.60. The summed E-state index contributed by atoms with van der Waals surface area (Å²) < 4.78 is 15.8. The Hall–Kier alpha value is -1.60. The van der Waals surface area contributed by atoms with Gasteiger partial charge in [-0.1, -0.05) is 0 Å². The van der Waals surface area contributed by atoms with Crippen molar-refractivity contribution < 1.29 is 19.0 Å². The van der Waals surface area contributed by atoms with E-state index in [-0.39, 0.29) is 12.8 Å². The average molecular weight is 324 g/mol. The molecule has 2 N–H and O–H groups in total. The lowest BCUT2D eigenvalue weighted by molar-refractivity contribution is 0.100. The van der Waals surface area contributed by atoms with Crippen LogP contribution in [-0.4, -0.2) is 43.6 Å². The molecule has 22 heavy (non-hydrogen) atoms. The highest BCUT2D eigenvalue weighted by atomic mass is 32.2. The lowest BCUT2D eigenvalue weighted by Crippen LogP contribution is -2.31. The molecule has 6 nitrogen and oxygen atoms in total. The number of benzene rings is 1. The molecule has 2 heterocycles. The Morgan fingerprint density at radius 3 is 2.91 bits per heavy atom. The first-order chi connectivity index (χ1) is 10.8. The number of fused-ring (bicyclic) bond motifs is 1. The Balaban J connectivity index is 1.35. The van der Waals surface area contributed by atoms with Crippen molar-refractivity contribution in [3.8, 4) is 11.5 Å². The summed E-state index contributed by atoms with van der Waals surface area (Å²) in [6.45, 7) is 2.60. The van der Waals surface area contributed by atoms with E-state index < -0.39 is 0 Å². The van der Waals surface area contributed by atoms with Crippen LogP contribution in [0.1, 0.15) is 12.8 Å². The normalized spacial score (nSPS) is 17.3. The fourth-order valence-electron chi connectivity index (χ4n) is 2.38. The number of urea groups is 1. The van der Waals surface area contributed by atoms with Gasteiger partial charge in [-0.15, -0.1) is 0 Å². The number of nitrogens with one attached hydrogen (secondary N) is 2. The highest BCUT2D eigenvalue weighted by molar-refractivity contribution is 7.99. The summed E-state index contributed by atoms with van der Waals surface area (Å²) in [5.74, 6) is 2.28. The van der Waals surface area contributed by atoms with Gasteiger partial charge in [-0.25, -0.2) is 4.79 Å². The third kappa shape index (κ3) is 4.20. The molecule has 1 fully saturated rings. The molecule has 0 radical (unpaired) electrons. The molecule has 0 atom stereocenters. The van der Waals surface area contributed by atoms with Gasteiger partial charge in [0, 0.05) is 42.5 Å². The van der Waals surface area contributed by atoms with E-state index in [4.69, 9.17) is 14.2 Å². The van der Waals surface area contributed by atoms with Crippen LogP contribution in [0.3, 0.4) is 0 Å². The van der Waals surface area contributed by atoms with E-state index in [0.29, 0.717) is 29.0 Å². The predicted molar refractivity (Wildman–Crippen MR) is 85.9 cm³/mol. The van der Waals surface area contributed by atoms with Crippen LogP contribution < -0.4 is 20.1 Å². The van der Waals surface area contributed by atoms with Gasteiger partial charge in [-0.05, 0) is 25.0 Å². The van der Waals surface area contributed by atoms with Crippen molar-refractivity contribution >= 4 is 23.5 Å². The Bertz CT molecular complexity index is 520. The Kier molecular flexibility index (Phi) is 5.29. The summed E-state index contributed by atoms with van der Waals surface area (Å²) >= 11 is 1.90. The van der Waals surface area contributed by atoms with Crippen molar-refractivity contribution in [2.75, 3.05) is 37.6 Å². The fraction of sp³-hybridized carbons (Fsp3) is 0.533. The zero-order valence-electron chi connectivity index (χ0n) is 12.3. The number of rotatable bonds is 5. The fourth-order valence-corrected chi connectivity index (χ4v) is 3.46. The molecular formula is C15H20N2O4S. The van der Waals surface area contributed by atoms with Gasteiger partial charge in [-0.3, -0.25) is 0 Å². The molecular weight excluding hydrogens is 304 g/mol. The Labute approximate surface area is 133 Å². The smallest absolute Gasteiger partial charge is 0.319 e. The number of thioether (sulfide) groups is 1. The number of hydrogen-bond donors (Lipinski definition) is 2. The van der Waals surface area contributed by atoms with Crippen molar-refractivity contribution in [2.24, 2.45) is 0 Å². The van der Waals surface area contributed by atoms with Crippen LogP contribution in [0.4, 0.5) is 10.5 Å². The Morgan fingerprint density at radius 2 is 2.05 bits per heavy atom. The lowest BCUT2D eigenvalue weighted by atomic mass is 10.2. The second-order valence-electron chi connectivity index (χ2n) is 5.13. The number of hydrogen-bond acceptors (Lipinski definition) is 5.